The van der Waals surface area contributed by atoms with Crippen molar-refractivity contribution in [3.8, 4) is 5.69 Å². The van der Waals surface area contributed by atoms with Gasteiger partial charge >= 0.3 is 0 Å². The average Bonchev–Trinajstić information content (AvgIpc) is 2.22. The molecule has 0 unspecified atom stereocenters. The molecule has 82 valence electrons. The van der Waals surface area contributed by atoms with Gasteiger partial charge in [-0.15, -0.1) is 0 Å². The summed E-state index contributed by atoms with van der Waals surface area (Å²) in [6.45, 7) is 0. The van der Waals surface area contributed by atoms with Crippen molar-refractivity contribution in [2.24, 2.45) is 0 Å². The molecular weight excluding hydrogens is 251 g/mol. The molecule has 2 rings (SSSR count). The number of rotatable bonds is 1. The molecular formula is C10H6ClFN2OS. The van der Waals surface area contributed by atoms with Crippen LogP contribution >= 0.6 is 23.8 Å². The van der Waals surface area contributed by atoms with Crippen LogP contribution < -0.4 is 5.56 Å². The Balaban J connectivity index is 2.72. The first-order chi connectivity index (χ1) is 7.58. The number of benzene rings is 1. The quantitative estimate of drug-likeness (QED) is 0.797. The van der Waals surface area contributed by atoms with Gasteiger partial charge in [-0.1, -0.05) is 11.6 Å². The molecule has 0 saturated heterocycles. The van der Waals surface area contributed by atoms with Gasteiger partial charge in [-0.3, -0.25) is 14.3 Å². The Morgan fingerprint density at radius 1 is 1.38 bits per heavy atom. The third-order valence-corrected chi connectivity index (χ3v) is 2.61. The van der Waals surface area contributed by atoms with Crippen molar-refractivity contribution < 1.29 is 4.39 Å². The number of hydrogen-bond donors (Lipinski definition) is 1. The molecule has 1 aromatic heterocycles. The average molecular weight is 257 g/mol. The van der Waals surface area contributed by atoms with E-state index in [9.17, 15) is 9.18 Å². The Hall–Kier alpha value is -1.46. The molecule has 1 N–H and O–H groups in total. The lowest BCUT2D eigenvalue weighted by Crippen LogP contribution is -2.10. The summed E-state index contributed by atoms with van der Waals surface area (Å²) >= 11 is 10.9. The highest BCUT2D eigenvalue weighted by molar-refractivity contribution is 7.71. The molecule has 1 aromatic carbocycles. The van der Waals surface area contributed by atoms with Gasteiger partial charge in [-0.25, -0.2) is 4.39 Å². The molecule has 0 bridgehead atoms. The first-order valence-corrected chi connectivity index (χ1v) is 5.14. The third-order valence-electron chi connectivity index (χ3n) is 1.99. The first kappa shape index (κ1) is 11.0. The van der Waals surface area contributed by atoms with Crippen LogP contribution in [-0.4, -0.2) is 9.55 Å². The summed E-state index contributed by atoms with van der Waals surface area (Å²) in [4.78, 5) is 13.4. The molecule has 1 heterocycles. The zero-order valence-electron chi connectivity index (χ0n) is 7.91. The Labute approximate surface area is 100 Å². The number of halogens is 2. The van der Waals surface area contributed by atoms with Gasteiger partial charge < -0.3 is 0 Å². The number of H-pyrrole nitrogens is 1. The van der Waals surface area contributed by atoms with Gasteiger partial charge in [0.1, 0.15) is 5.82 Å². The molecule has 0 atom stereocenters. The van der Waals surface area contributed by atoms with E-state index in [1.165, 1.54) is 35.0 Å². The normalized spacial score (nSPS) is 10.4. The van der Waals surface area contributed by atoms with Crippen LogP contribution in [0.5, 0.6) is 0 Å². The zero-order valence-corrected chi connectivity index (χ0v) is 9.48. The van der Waals surface area contributed by atoms with E-state index in [1.807, 2.05) is 0 Å². The molecule has 0 fully saturated rings. The second kappa shape index (κ2) is 4.19. The van der Waals surface area contributed by atoms with Crippen LogP contribution in [0.25, 0.3) is 5.69 Å². The standard InChI is InChI=1S/C10H6ClFN2OS/c11-7-2-1-6(12)5-8(7)14-4-3-9(15)13-10(14)16/h1-5H,(H,13,15,16). The van der Waals surface area contributed by atoms with Gasteiger partial charge in [0.15, 0.2) is 4.77 Å². The van der Waals surface area contributed by atoms with E-state index in [1.54, 1.807) is 0 Å². The molecule has 0 amide bonds. The maximum absolute atomic E-state index is 13.1. The lowest BCUT2D eigenvalue weighted by atomic mass is 10.3. The van der Waals surface area contributed by atoms with Crippen molar-refractivity contribution in [3.63, 3.8) is 0 Å². The van der Waals surface area contributed by atoms with E-state index >= 15 is 0 Å². The lowest BCUT2D eigenvalue weighted by molar-refractivity contribution is 0.626. The molecule has 6 heteroatoms. The van der Waals surface area contributed by atoms with Crippen molar-refractivity contribution >= 4 is 23.8 Å². The largest absolute Gasteiger partial charge is 0.299 e. The maximum Gasteiger partial charge on any atom is 0.251 e. The van der Waals surface area contributed by atoms with Gasteiger partial charge in [0.2, 0.25) is 0 Å². The van der Waals surface area contributed by atoms with Crippen LogP contribution in [0.15, 0.2) is 35.3 Å². The minimum Gasteiger partial charge on any atom is -0.299 e. The predicted molar refractivity (Wildman–Crippen MR) is 62.2 cm³/mol. The molecule has 2 aromatic rings. The van der Waals surface area contributed by atoms with Crippen LogP contribution in [0, 0.1) is 10.6 Å². The number of hydrogen-bond acceptors (Lipinski definition) is 2. The van der Waals surface area contributed by atoms with Crippen LogP contribution in [0.3, 0.4) is 0 Å². The van der Waals surface area contributed by atoms with Crippen LogP contribution in [0.1, 0.15) is 0 Å². The van der Waals surface area contributed by atoms with Gasteiger partial charge in [0.25, 0.3) is 5.56 Å². The summed E-state index contributed by atoms with van der Waals surface area (Å²) in [7, 11) is 0. The maximum atomic E-state index is 13.1. The molecule has 0 aliphatic rings. The lowest BCUT2D eigenvalue weighted by Gasteiger charge is -2.07. The first-order valence-electron chi connectivity index (χ1n) is 4.35. The van der Waals surface area contributed by atoms with E-state index in [-0.39, 0.29) is 10.3 Å². The smallest absolute Gasteiger partial charge is 0.251 e. The summed E-state index contributed by atoms with van der Waals surface area (Å²) in [5, 5.41) is 0.351. The van der Waals surface area contributed by atoms with Gasteiger partial charge in [-0.05, 0) is 30.4 Å². The van der Waals surface area contributed by atoms with E-state index in [4.69, 9.17) is 23.8 Å². The van der Waals surface area contributed by atoms with E-state index < -0.39 is 5.82 Å². The van der Waals surface area contributed by atoms with Gasteiger partial charge in [0.05, 0.1) is 10.7 Å². The van der Waals surface area contributed by atoms with Crippen LogP contribution in [0.4, 0.5) is 4.39 Å². The van der Waals surface area contributed by atoms with E-state index in [0.717, 1.165) is 0 Å². The highest BCUT2D eigenvalue weighted by Gasteiger charge is 2.04. The van der Waals surface area contributed by atoms with Crippen molar-refractivity contribution in [2.75, 3.05) is 0 Å². The SMILES string of the molecule is O=c1ccn(-c2cc(F)ccc2Cl)c(=S)[nH]1. The molecule has 0 saturated carbocycles. The van der Waals surface area contributed by atoms with Crippen molar-refractivity contribution in [1.29, 1.82) is 0 Å². The van der Waals surface area contributed by atoms with Crippen LogP contribution in [-0.2, 0) is 0 Å². The second-order valence-electron chi connectivity index (χ2n) is 3.08. The highest BCUT2D eigenvalue weighted by Crippen LogP contribution is 2.20. The van der Waals surface area contributed by atoms with Crippen molar-refractivity contribution in [1.82, 2.24) is 9.55 Å². The van der Waals surface area contributed by atoms with Crippen LogP contribution in [0.2, 0.25) is 5.02 Å². The summed E-state index contributed by atoms with van der Waals surface area (Å²) in [5.74, 6) is -0.424. The number of aromatic amines is 1. The molecule has 3 nitrogen and oxygen atoms in total. The Bertz CT molecular complexity index is 650. The summed E-state index contributed by atoms with van der Waals surface area (Å²) in [5.41, 5.74) is 0.0803. The Kier molecular flexibility index (Phi) is 2.89. The molecule has 0 spiro atoms. The van der Waals surface area contributed by atoms with Gasteiger partial charge in [-0.2, -0.15) is 0 Å². The fourth-order valence-electron chi connectivity index (χ4n) is 1.28. The molecule has 0 radical (unpaired) electrons. The monoisotopic (exact) mass is 256 g/mol. The Morgan fingerprint density at radius 2 is 2.12 bits per heavy atom. The minimum absolute atomic E-state index is 0.167. The number of nitrogens with one attached hydrogen (secondary N) is 1. The fraction of sp³-hybridized carbons (Fsp3) is 0. The minimum atomic E-state index is -0.424. The Morgan fingerprint density at radius 3 is 2.81 bits per heavy atom. The molecule has 16 heavy (non-hydrogen) atoms. The van der Waals surface area contributed by atoms with Gasteiger partial charge in [0, 0.05) is 12.3 Å². The topological polar surface area (TPSA) is 37.8 Å². The third kappa shape index (κ3) is 2.05. The van der Waals surface area contributed by atoms with Crippen molar-refractivity contribution in [3.05, 3.63) is 56.4 Å². The zero-order chi connectivity index (χ0) is 11.7. The van der Waals surface area contributed by atoms with Crippen molar-refractivity contribution in [2.45, 2.75) is 0 Å². The number of nitrogens with zero attached hydrogens (tertiary/aromatic N) is 1. The van der Waals surface area contributed by atoms with E-state index in [2.05, 4.69) is 4.98 Å². The molecule has 0 aliphatic carbocycles. The highest BCUT2D eigenvalue weighted by atomic mass is 35.5. The molecule has 0 aliphatic heterocycles. The summed E-state index contributed by atoms with van der Waals surface area (Å²) in [6.07, 6.45) is 1.45. The number of aromatic nitrogens is 2. The summed E-state index contributed by atoms with van der Waals surface area (Å²) < 4.78 is 14.7. The summed E-state index contributed by atoms with van der Waals surface area (Å²) in [6, 6.07) is 5.22. The van der Waals surface area contributed by atoms with E-state index in [0.29, 0.717) is 10.7 Å². The second-order valence-corrected chi connectivity index (χ2v) is 3.87. The fourth-order valence-corrected chi connectivity index (χ4v) is 1.75. The predicted octanol–water partition coefficient (Wildman–Crippen LogP) is 2.69.